The number of nitrogens with one attached hydrogen (secondary N) is 1. The van der Waals surface area contributed by atoms with Crippen molar-refractivity contribution < 1.29 is 14.3 Å². The van der Waals surface area contributed by atoms with Crippen LogP contribution in [0.15, 0.2) is 47.6 Å². The van der Waals surface area contributed by atoms with Crippen LogP contribution < -0.4 is 14.9 Å². The van der Waals surface area contributed by atoms with Crippen molar-refractivity contribution >= 4 is 12.1 Å². The molecule has 0 heterocycles. The summed E-state index contributed by atoms with van der Waals surface area (Å²) in [6.07, 6.45) is 1.53. The number of hydrazone groups is 1. The summed E-state index contributed by atoms with van der Waals surface area (Å²) in [6.45, 7) is 1.93. The Balaban J connectivity index is 2.08. The van der Waals surface area contributed by atoms with Crippen molar-refractivity contribution in [3.8, 4) is 11.5 Å². The van der Waals surface area contributed by atoms with E-state index in [-0.39, 0.29) is 5.91 Å². The molecule has 0 fully saturated rings. The number of carbonyl (C=O) groups excluding carboxylic acids is 1. The molecular weight excluding hydrogens is 280 g/mol. The van der Waals surface area contributed by atoms with Crippen LogP contribution in [0.4, 0.5) is 0 Å². The van der Waals surface area contributed by atoms with E-state index in [2.05, 4.69) is 10.5 Å². The molecule has 1 N–H and O–H groups in total. The lowest BCUT2D eigenvalue weighted by Gasteiger charge is -2.07. The van der Waals surface area contributed by atoms with Crippen LogP contribution in [0.3, 0.4) is 0 Å². The van der Waals surface area contributed by atoms with Gasteiger partial charge >= 0.3 is 0 Å². The molecule has 0 aliphatic rings. The standard InChI is InChI=1S/C17H18N2O3/c1-12-5-4-6-13(9-12)17(20)19-18-11-14-7-8-15(21-2)10-16(14)22-3/h4-11H,1-3H3,(H,19,20)/b18-11-. The molecule has 5 nitrogen and oxygen atoms in total. The molecule has 0 atom stereocenters. The largest absolute Gasteiger partial charge is 0.497 e. The third-order valence-electron chi connectivity index (χ3n) is 3.09. The average molecular weight is 298 g/mol. The predicted molar refractivity (Wildman–Crippen MR) is 85.8 cm³/mol. The molecule has 0 saturated carbocycles. The highest BCUT2D eigenvalue weighted by atomic mass is 16.5. The van der Waals surface area contributed by atoms with Crippen molar-refractivity contribution in [1.29, 1.82) is 0 Å². The van der Waals surface area contributed by atoms with Gasteiger partial charge in [0.05, 0.1) is 20.4 Å². The Hall–Kier alpha value is -2.82. The molecule has 2 aromatic carbocycles. The number of nitrogens with zero attached hydrogens (tertiary/aromatic N) is 1. The summed E-state index contributed by atoms with van der Waals surface area (Å²) >= 11 is 0. The summed E-state index contributed by atoms with van der Waals surface area (Å²) in [4.78, 5) is 12.0. The summed E-state index contributed by atoms with van der Waals surface area (Å²) < 4.78 is 10.4. The monoisotopic (exact) mass is 298 g/mol. The first-order valence-electron chi connectivity index (χ1n) is 6.76. The minimum absolute atomic E-state index is 0.257. The normalized spacial score (nSPS) is 10.5. The highest BCUT2D eigenvalue weighted by Crippen LogP contribution is 2.22. The van der Waals surface area contributed by atoms with E-state index in [1.807, 2.05) is 19.1 Å². The smallest absolute Gasteiger partial charge is 0.271 e. The Morgan fingerprint density at radius 3 is 2.64 bits per heavy atom. The molecule has 22 heavy (non-hydrogen) atoms. The van der Waals surface area contributed by atoms with Gasteiger partial charge in [-0.15, -0.1) is 0 Å². The Bertz CT molecular complexity index is 696. The Morgan fingerprint density at radius 1 is 1.14 bits per heavy atom. The van der Waals surface area contributed by atoms with Crippen LogP contribution in [0.2, 0.25) is 0 Å². The maximum Gasteiger partial charge on any atom is 0.271 e. The fourth-order valence-electron chi connectivity index (χ4n) is 1.94. The first-order valence-corrected chi connectivity index (χ1v) is 6.76. The lowest BCUT2D eigenvalue weighted by molar-refractivity contribution is 0.0955. The maximum absolute atomic E-state index is 12.0. The van der Waals surface area contributed by atoms with Crippen LogP contribution in [0.5, 0.6) is 11.5 Å². The van der Waals surface area contributed by atoms with Gasteiger partial charge in [-0.1, -0.05) is 17.7 Å². The van der Waals surface area contributed by atoms with Gasteiger partial charge in [0.1, 0.15) is 11.5 Å². The van der Waals surface area contributed by atoms with E-state index in [0.29, 0.717) is 17.1 Å². The van der Waals surface area contributed by atoms with Gasteiger partial charge in [-0.3, -0.25) is 4.79 Å². The highest BCUT2D eigenvalue weighted by molar-refractivity contribution is 5.95. The molecule has 0 aliphatic heterocycles. The van der Waals surface area contributed by atoms with Crippen LogP contribution in [-0.4, -0.2) is 26.3 Å². The third-order valence-corrected chi connectivity index (χ3v) is 3.09. The van der Waals surface area contributed by atoms with Gasteiger partial charge in [-0.05, 0) is 31.2 Å². The summed E-state index contributed by atoms with van der Waals surface area (Å²) in [7, 11) is 3.15. The van der Waals surface area contributed by atoms with E-state index in [1.54, 1.807) is 44.6 Å². The van der Waals surface area contributed by atoms with E-state index in [1.165, 1.54) is 6.21 Å². The molecule has 2 rings (SSSR count). The van der Waals surface area contributed by atoms with Crippen LogP contribution in [-0.2, 0) is 0 Å². The van der Waals surface area contributed by atoms with Crippen LogP contribution in [0.25, 0.3) is 0 Å². The third kappa shape index (κ3) is 3.85. The summed E-state index contributed by atoms with van der Waals surface area (Å²) in [5.74, 6) is 1.05. The molecule has 0 bridgehead atoms. The zero-order chi connectivity index (χ0) is 15.9. The SMILES string of the molecule is COc1ccc(/C=N\NC(=O)c2cccc(C)c2)c(OC)c1. The molecule has 0 aromatic heterocycles. The maximum atomic E-state index is 12.0. The number of hydrogen-bond acceptors (Lipinski definition) is 4. The van der Waals surface area contributed by atoms with E-state index in [4.69, 9.17) is 9.47 Å². The topological polar surface area (TPSA) is 59.9 Å². The molecule has 0 unspecified atom stereocenters. The number of ether oxygens (including phenoxy) is 2. The van der Waals surface area contributed by atoms with E-state index in [9.17, 15) is 4.79 Å². The van der Waals surface area contributed by atoms with E-state index < -0.39 is 0 Å². The zero-order valence-corrected chi connectivity index (χ0v) is 12.8. The summed E-state index contributed by atoms with van der Waals surface area (Å²) in [5, 5.41) is 3.97. The second-order valence-electron chi connectivity index (χ2n) is 4.68. The van der Waals surface area contributed by atoms with Crippen molar-refractivity contribution in [2.24, 2.45) is 5.10 Å². The number of aryl methyl sites for hydroxylation is 1. The molecule has 114 valence electrons. The molecule has 0 aliphatic carbocycles. The zero-order valence-electron chi connectivity index (χ0n) is 12.8. The number of benzene rings is 2. The van der Waals surface area contributed by atoms with Gasteiger partial charge in [0.2, 0.25) is 0 Å². The first kappa shape index (κ1) is 15.6. The van der Waals surface area contributed by atoms with Crippen molar-refractivity contribution in [1.82, 2.24) is 5.43 Å². The molecule has 1 amide bonds. The fraction of sp³-hybridized carbons (Fsp3) is 0.176. The van der Waals surface area contributed by atoms with Crippen LogP contribution >= 0.6 is 0 Å². The lowest BCUT2D eigenvalue weighted by Crippen LogP contribution is -2.17. The van der Waals surface area contributed by atoms with Gasteiger partial charge < -0.3 is 9.47 Å². The van der Waals surface area contributed by atoms with Gasteiger partial charge in [0.15, 0.2) is 0 Å². The van der Waals surface area contributed by atoms with Gasteiger partial charge in [-0.25, -0.2) is 5.43 Å². The van der Waals surface area contributed by atoms with Crippen molar-refractivity contribution in [3.05, 3.63) is 59.2 Å². The van der Waals surface area contributed by atoms with Crippen molar-refractivity contribution in [3.63, 3.8) is 0 Å². The molecule has 2 aromatic rings. The molecular formula is C17H18N2O3. The lowest BCUT2D eigenvalue weighted by atomic mass is 10.1. The van der Waals surface area contributed by atoms with Crippen LogP contribution in [0.1, 0.15) is 21.5 Å². The first-order chi connectivity index (χ1) is 10.6. The molecule has 0 saturated heterocycles. The molecule has 0 radical (unpaired) electrons. The van der Waals surface area contributed by atoms with Crippen molar-refractivity contribution in [2.75, 3.05) is 14.2 Å². The number of methoxy groups -OCH3 is 2. The van der Waals surface area contributed by atoms with Gasteiger partial charge in [-0.2, -0.15) is 5.10 Å². The minimum atomic E-state index is -0.257. The molecule has 0 spiro atoms. The summed E-state index contributed by atoms with van der Waals surface area (Å²) in [5.41, 5.74) is 4.83. The minimum Gasteiger partial charge on any atom is -0.497 e. The van der Waals surface area contributed by atoms with E-state index >= 15 is 0 Å². The molecule has 5 heteroatoms. The summed E-state index contributed by atoms with van der Waals surface area (Å²) in [6, 6.07) is 12.7. The quantitative estimate of drug-likeness (QED) is 0.682. The van der Waals surface area contributed by atoms with Crippen molar-refractivity contribution in [2.45, 2.75) is 6.92 Å². The number of amides is 1. The van der Waals surface area contributed by atoms with E-state index in [0.717, 1.165) is 11.1 Å². The Kier molecular flexibility index (Phi) is 5.14. The van der Waals surface area contributed by atoms with Gasteiger partial charge in [0.25, 0.3) is 5.91 Å². The number of carbonyl (C=O) groups is 1. The Morgan fingerprint density at radius 2 is 1.95 bits per heavy atom. The highest BCUT2D eigenvalue weighted by Gasteiger charge is 2.05. The Labute approximate surface area is 129 Å². The second kappa shape index (κ2) is 7.26. The number of rotatable bonds is 5. The predicted octanol–water partition coefficient (Wildman–Crippen LogP) is 2.78. The van der Waals surface area contributed by atoms with Crippen LogP contribution in [0, 0.1) is 6.92 Å². The second-order valence-corrected chi connectivity index (χ2v) is 4.68. The number of hydrogen-bond donors (Lipinski definition) is 1. The van der Waals surface area contributed by atoms with Gasteiger partial charge in [0, 0.05) is 17.2 Å². The average Bonchev–Trinajstić information content (AvgIpc) is 2.54. The fourth-order valence-corrected chi connectivity index (χ4v) is 1.94.